The monoisotopic (exact) mass is 417 g/mol. The second-order valence-electron chi connectivity index (χ2n) is 7.52. The van der Waals surface area contributed by atoms with Crippen LogP contribution in [0.5, 0.6) is 0 Å². The number of aromatic nitrogens is 1. The van der Waals surface area contributed by atoms with Crippen molar-refractivity contribution in [2.45, 2.75) is 60.8 Å². The van der Waals surface area contributed by atoms with Crippen LogP contribution in [0.4, 0.5) is 0 Å². The molecule has 1 aliphatic carbocycles. The fraction of sp³-hybridized carbons (Fsp3) is 0.556. The van der Waals surface area contributed by atoms with Gasteiger partial charge in [0.2, 0.25) is 0 Å². The van der Waals surface area contributed by atoms with Crippen molar-refractivity contribution in [3.8, 4) is 0 Å². The Labute approximate surface area is 159 Å². The fourth-order valence-electron chi connectivity index (χ4n) is 3.07. The Kier molecular flexibility index (Phi) is 7.49. The Bertz CT molecular complexity index is 601. The SMILES string of the molecule is CC1=C(C)C(C)(C)[C]([Zr+2][c]2[nH]ccc2C(C)(C)C)=C1C.[Cl-].[Cl-]. The van der Waals surface area contributed by atoms with E-state index in [1.807, 2.05) is 0 Å². The topological polar surface area (TPSA) is 15.8 Å². The maximum atomic E-state index is 3.55. The standard InChI is InChI=1S/C10H15.C8H12N.2ClH.Zr/c1-7-6-10(4,5)9(3)8(7)2;1-8(2,3)7-4-5-9-6-7;;;/h1-5H3;4-5,9H,1-3H3;2*1H;/q;;;;+2/p-2. The number of halogens is 2. The van der Waals surface area contributed by atoms with E-state index in [9.17, 15) is 0 Å². The first-order chi connectivity index (χ1) is 9.06. The largest absolute Gasteiger partial charge is 1.00 e. The van der Waals surface area contributed by atoms with E-state index >= 15 is 0 Å². The minimum atomic E-state index is -0.763. The van der Waals surface area contributed by atoms with Crippen molar-refractivity contribution in [2.75, 3.05) is 0 Å². The summed E-state index contributed by atoms with van der Waals surface area (Å²) in [5.74, 6) is 0. The first kappa shape index (κ1) is 22.2. The van der Waals surface area contributed by atoms with Crippen molar-refractivity contribution in [3.63, 3.8) is 0 Å². The summed E-state index contributed by atoms with van der Waals surface area (Å²) in [5.41, 5.74) is 6.67. The van der Waals surface area contributed by atoms with E-state index in [0.717, 1.165) is 0 Å². The third kappa shape index (κ3) is 3.82. The quantitative estimate of drug-likeness (QED) is 0.612. The number of H-pyrrole nitrogens is 1. The molecule has 0 bridgehead atoms. The van der Waals surface area contributed by atoms with E-state index in [2.05, 4.69) is 72.6 Å². The van der Waals surface area contributed by atoms with Crippen LogP contribution < -0.4 is 28.2 Å². The number of aromatic amines is 1. The predicted molar refractivity (Wildman–Crippen MR) is 84.0 cm³/mol. The summed E-state index contributed by atoms with van der Waals surface area (Å²) < 4.78 is 3.29. The molecule has 0 saturated carbocycles. The average molecular weight is 420 g/mol. The third-order valence-electron chi connectivity index (χ3n) is 4.87. The summed E-state index contributed by atoms with van der Waals surface area (Å²) in [6.45, 7) is 18.7. The molecule has 0 unspecified atom stereocenters. The van der Waals surface area contributed by atoms with Gasteiger partial charge < -0.3 is 24.8 Å². The second kappa shape index (κ2) is 7.41. The zero-order valence-electron chi connectivity index (χ0n) is 14.9. The molecule has 22 heavy (non-hydrogen) atoms. The van der Waals surface area contributed by atoms with E-state index in [0.29, 0.717) is 0 Å². The van der Waals surface area contributed by atoms with Gasteiger partial charge in [0.1, 0.15) is 0 Å². The van der Waals surface area contributed by atoms with Crippen molar-refractivity contribution < 1.29 is 48.0 Å². The molecule has 1 nitrogen and oxygen atoms in total. The van der Waals surface area contributed by atoms with E-state index in [1.165, 1.54) is 11.1 Å². The van der Waals surface area contributed by atoms with Crippen LogP contribution in [0.3, 0.4) is 0 Å². The molecule has 1 N–H and O–H groups in total. The van der Waals surface area contributed by atoms with Gasteiger partial charge in [-0.3, -0.25) is 0 Å². The van der Waals surface area contributed by atoms with Crippen LogP contribution in [0.15, 0.2) is 32.3 Å². The van der Waals surface area contributed by atoms with Crippen molar-refractivity contribution in [1.29, 1.82) is 0 Å². The molecule has 2 rings (SSSR count). The van der Waals surface area contributed by atoms with Crippen LogP contribution in [0.1, 0.15) is 61.0 Å². The van der Waals surface area contributed by atoms with E-state index in [-0.39, 0.29) is 35.6 Å². The molecule has 0 radical (unpaired) electrons. The van der Waals surface area contributed by atoms with Crippen LogP contribution in [-0.4, -0.2) is 4.98 Å². The minimum Gasteiger partial charge on any atom is -1.00 e. The van der Waals surface area contributed by atoms with Gasteiger partial charge in [-0.1, -0.05) is 0 Å². The van der Waals surface area contributed by atoms with E-state index < -0.39 is 23.2 Å². The van der Waals surface area contributed by atoms with Gasteiger partial charge in [-0.05, 0) is 0 Å². The van der Waals surface area contributed by atoms with E-state index in [1.54, 1.807) is 17.8 Å². The molecule has 122 valence electrons. The van der Waals surface area contributed by atoms with Crippen LogP contribution in [0, 0.1) is 5.41 Å². The molecule has 0 aromatic carbocycles. The van der Waals surface area contributed by atoms with Gasteiger partial charge >= 0.3 is 136 Å². The Morgan fingerprint density at radius 1 is 1.00 bits per heavy atom. The predicted octanol–water partition coefficient (Wildman–Crippen LogP) is -1.32. The molecule has 0 atom stereocenters. The molecule has 0 fully saturated rings. The Balaban J connectivity index is 0.00000220. The smallest absolute Gasteiger partial charge is 1.00 e. The van der Waals surface area contributed by atoms with Gasteiger partial charge in [-0.2, -0.15) is 0 Å². The zero-order chi connectivity index (χ0) is 15.3. The average Bonchev–Trinajstić information content (AvgIpc) is 2.85. The van der Waals surface area contributed by atoms with Crippen molar-refractivity contribution in [2.24, 2.45) is 5.41 Å². The normalized spacial score (nSPS) is 17.1. The Morgan fingerprint density at radius 2 is 1.55 bits per heavy atom. The maximum absolute atomic E-state index is 3.55. The summed E-state index contributed by atoms with van der Waals surface area (Å²) in [7, 11) is 0. The molecule has 1 aliphatic rings. The van der Waals surface area contributed by atoms with Gasteiger partial charge in [0.05, 0.1) is 0 Å². The fourth-order valence-corrected chi connectivity index (χ4v) is 7.67. The molecule has 1 heterocycles. The Hall–Kier alpha value is 0.223. The molecule has 0 amide bonds. The molecular formula is C18H27Cl2NZr. The maximum Gasteiger partial charge on any atom is -1.00 e. The van der Waals surface area contributed by atoms with Gasteiger partial charge in [-0.25, -0.2) is 0 Å². The van der Waals surface area contributed by atoms with Crippen molar-refractivity contribution in [1.82, 2.24) is 4.98 Å². The number of nitrogens with one attached hydrogen (secondary N) is 1. The molecular weight excluding hydrogens is 392 g/mol. The molecule has 0 saturated heterocycles. The van der Waals surface area contributed by atoms with Crippen LogP contribution >= 0.6 is 0 Å². The van der Waals surface area contributed by atoms with E-state index in [4.69, 9.17) is 0 Å². The van der Waals surface area contributed by atoms with Gasteiger partial charge in [0, 0.05) is 0 Å². The summed E-state index contributed by atoms with van der Waals surface area (Å²) in [5, 5.41) is 0. The summed E-state index contributed by atoms with van der Waals surface area (Å²) in [6.07, 6.45) is 2.13. The summed E-state index contributed by atoms with van der Waals surface area (Å²) in [6, 6.07) is 2.28. The second-order valence-corrected chi connectivity index (χ2v) is 10.6. The van der Waals surface area contributed by atoms with Crippen LogP contribution in [0.2, 0.25) is 0 Å². The number of rotatable bonds is 2. The van der Waals surface area contributed by atoms with Gasteiger partial charge in [0.15, 0.2) is 0 Å². The summed E-state index contributed by atoms with van der Waals surface area (Å²) >= 11 is -0.763. The van der Waals surface area contributed by atoms with Crippen LogP contribution in [-0.2, 0) is 28.6 Å². The molecule has 1 aromatic rings. The Morgan fingerprint density at radius 3 is 1.95 bits per heavy atom. The first-order valence-corrected chi connectivity index (χ1v) is 9.87. The number of hydrogen-bond acceptors (Lipinski definition) is 0. The molecule has 4 heteroatoms. The summed E-state index contributed by atoms with van der Waals surface area (Å²) in [4.78, 5) is 3.55. The third-order valence-corrected chi connectivity index (χ3v) is 9.57. The minimum absolute atomic E-state index is 0. The number of hydrogen-bond donors (Lipinski definition) is 1. The van der Waals surface area contributed by atoms with Gasteiger partial charge in [0.25, 0.3) is 0 Å². The van der Waals surface area contributed by atoms with Gasteiger partial charge in [-0.15, -0.1) is 0 Å². The number of allylic oxidation sites excluding steroid dienone is 4. The molecule has 1 aromatic heterocycles. The molecule has 0 aliphatic heterocycles. The van der Waals surface area contributed by atoms with Crippen molar-refractivity contribution in [3.05, 3.63) is 37.8 Å². The first-order valence-electron chi connectivity index (χ1n) is 7.41. The van der Waals surface area contributed by atoms with Crippen LogP contribution in [0.25, 0.3) is 0 Å². The molecule has 0 spiro atoms. The van der Waals surface area contributed by atoms with Crippen molar-refractivity contribution >= 4 is 3.40 Å². The zero-order valence-corrected chi connectivity index (χ0v) is 18.9.